The topological polar surface area (TPSA) is 69.2 Å². The van der Waals surface area contributed by atoms with Crippen molar-refractivity contribution >= 4 is 17.5 Å². The number of rotatable bonds is 5. The molecular weight excluding hydrogens is 302 g/mol. The van der Waals surface area contributed by atoms with Crippen LogP contribution >= 0.6 is 11.6 Å². The molecule has 0 radical (unpaired) electrons. The van der Waals surface area contributed by atoms with Crippen LogP contribution < -0.4 is 0 Å². The highest BCUT2D eigenvalue weighted by molar-refractivity contribution is 6.33. The molecule has 0 spiro atoms. The molecule has 0 aliphatic rings. The van der Waals surface area contributed by atoms with Crippen molar-refractivity contribution in [3.63, 3.8) is 0 Å². The summed E-state index contributed by atoms with van der Waals surface area (Å²) < 4.78 is 0. The lowest BCUT2D eigenvalue weighted by Crippen LogP contribution is -2.42. The van der Waals surface area contributed by atoms with Gasteiger partial charge in [-0.25, -0.2) is 0 Å². The van der Waals surface area contributed by atoms with E-state index < -0.39 is 5.60 Å². The van der Waals surface area contributed by atoms with E-state index in [0.29, 0.717) is 23.0 Å². The average Bonchev–Trinajstić information content (AvgIpc) is 2.93. The van der Waals surface area contributed by atoms with Gasteiger partial charge in [0, 0.05) is 18.7 Å². The molecule has 1 amide bonds. The Hall–Kier alpha value is -1.85. The number of benzene rings is 1. The maximum absolute atomic E-state index is 12.5. The molecule has 0 saturated heterocycles. The number of hydrogen-bond donors (Lipinski definition) is 2. The van der Waals surface area contributed by atoms with Crippen LogP contribution in [0.4, 0.5) is 0 Å². The molecule has 0 aliphatic carbocycles. The van der Waals surface area contributed by atoms with Crippen molar-refractivity contribution in [1.82, 2.24) is 15.1 Å². The van der Waals surface area contributed by atoms with Crippen molar-refractivity contribution < 1.29 is 9.90 Å². The molecule has 118 valence electrons. The van der Waals surface area contributed by atoms with Crippen molar-refractivity contribution in [3.8, 4) is 11.3 Å². The van der Waals surface area contributed by atoms with Gasteiger partial charge in [0.05, 0.1) is 16.3 Å². The van der Waals surface area contributed by atoms with E-state index in [1.54, 1.807) is 30.9 Å². The molecule has 1 aromatic carbocycles. The lowest BCUT2D eigenvalue weighted by Gasteiger charge is -2.27. The molecular formula is C16H20ClN3O2. The number of carbonyl (C=O) groups excluding carboxylic acids is 1. The highest BCUT2D eigenvalue weighted by atomic mass is 35.5. The highest BCUT2D eigenvalue weighted by Crippen LogP contribution is 2.26. The van der Waals surface area contributed by atoms with Gasteiger partial charge in [0.2, 0.25) is 0 Å². The Labute approximate surface area is 134 Å². The van der Waals surface area contributed by atoms with Crippen LogP contribution in [0.1, 0.15) is 31.3 Å². The molecule has 1 heterocycles. The number of aliphatic hydroxyl groups is 1. The second-order valence-electron chi connectivity index (χ2n) is 5.78. The van der Waals surface area contributed by atoms with Gasteiger partial charge >= 0.3 is 0 Å². The van der Waals surface area contributed by atoms with Gasteiger partial charge < -0.3 is 10.0 Å². The van der Waals surface area contributed by atoms with Crippen molar-refractivity contribution in [1.29, 1.82) is 0 Å². The molecule has 0 bridgehead atoms. The monoisotopic (exact) mass is 321 g/mol. The Morgan fingerprint density at radius 2 is 2.09 bits per heavy atom. The van der Waals surface area contributed by atoms with Crippen LogP contribution in [0.2, 0.25) is 5.02 Å². The predicted octanol–water partition coefficient (Wildman–Crippen LogP) is 2.96. The molecule has 6 heteroatoms. The third-order valence-electron chi connectivity index (χ3n) is 3.20. The zero-order chi connectivity index (χ0) is 16.3. The first-order chi connectivity index (χ1) is 10.3. The molecule has 0 atom stereocenters. The van der Waals surface area contributed by atoms with E-state index in [2.05, 4.69) is 10.2 Å². The second-order valence-corrected chi connectivity index (χ2v) is 6.19. The first-order valence-corrected chi connectivity index (χ1v) is 7.51. The van der Waals surface area contributed by atoms with Crippen molar-refractivity contribution in [2.24, 2.45) is 0 Å². The number of aromatic nitrogens is 2. The number of aromatic amines is 1. The minimum atomic E-state index is -0.947. The molecule has 0 fully saturated rings. The Balaban J connectivity index is 2.24. The largest absolute Gasteiger partial charge is 0.389 e. The van der Waals surface area contributed by atoms with Crippen LogP contribution in [-0.4, -0.2) is 44.8 Å². The van der Waals surface area contributed by atoms with Gasteiger partial charge in [0.25, 0.3) is 5.91 Å². The summed E-state index contributed by atoms with van der Waals surface area (Å²) in [6, 6.07) is 9.01. The molecule has 0 aliphatic heterocycles. The van der Waals surface area contributed by atoms with Crippen molar-refractivity contribution in [3.05, 3.63) is 41.0 Å². The fraction of sp³-hybridized carbons (Fsp3) is 0.375. The zero-order valence-electron chi connectivity index (χ0n) is 12.9. The number of nitrogens with one attached hydrogen (secondary N) is 1. The van der Waals surface area contributed by atoms with Gasteiger partial charge in [-0.3, -0.25) is 9.89 Å². The Bertz CT molecular complexity index is 661. The molecule has 1 aromatic heterocycles. The second kappa shape index (κ2) is 6.50. The van der Waals surface area contributed by atoms with Crippen molar-refractivity contribution in [2.75, 3.05) is 13.1 Å². The van der Waals surface area contributed by atoms with Crippen molar-refractivity contribution in [2.45, 2.75) is 26.4 Å². The standard InChI is InChI=1S/C16H20ClN3O2/c1-4-20(10-16(2,3)22)15(21)14-9-13(18-19-14)11-7-5-6-8-12(11)17/h5-9,22H,4,10H2,1-3H3,(H,18,19). The van der Waals surface area contributed by atoms with Gasteiger partial charge in [0.1, 0.15) is 5.69 Å². The van der Waals surface area contributed by atoms with E-state index in [4.69, 9.17) is 11.6 Å². The normalized spacial score (nSPS) is 11.5. The Morgan fingerprint density at radius 1 is 1.41 bits per heavy atom. The van der Waals surface area contributed by atoms with Crippen LogP contribution in [0.15, 0.2) is 30.3 Å². The summed E-state index contributed by atoms with van der Waals surface area (Å²) in [4.78, 5) is 14.1. The summed E-state index contributed by atoms with van der Waals surface area (Å²) in [5.74, 6) is -0.199. The lowest BCUT2D eigenvalue weighted by molar-refractivity contribution is 0.0311. The quantitative estimate of drug-likeness (QED) is 0.889. The predicted molar refractivity (Wildman–Crippen MR) is 86.9 cm³/mol. The minimum absolute atomic E-state index is 0.199. The van der Waals surface area contributed by atoms with Crippen LogP contribution in [0.3, 0.4) is 0 Å². The number of likely N-dealkylation sites (N-methyl/N-ethyl adjacent to an activating group) is 1. The smallest absolute Gasteiger partial charge is 0.271 e. The molecule has 22 heavy (non-hydrogen) atoms. The van der Waals surface area contributed by atoms with E-state index in [1.165, 1.54) is 0 Å². The van der Waals surface area contributed by atoms with E-state index in [0.717, 1.165) is 5.56 Å². The SMILES string of the molecule is CCN(CC(C)(C)O)C(=O)c1cc(-c2ccccc2Cl)n[nH]1. The van der Waals surface area contributed by atoms with E-state index >= 15 is 0 Å². The van der Waals surface area contributed by atoms with E-state index in [9.17, 15) is 9.90 Å². The maximum Gasteiger partial charge on any atom is 0.271 e. The Kier molecular flexibility index (Phi) is 4.88. The maximum atomic E-state index is 12.5. The number of halogens is 1. The third kappa shape index (κ3) is 3.87. The third-order valence-corrected chi connectivity index (χ3v) is 3.53. The number of amides is 1. The fourth-order valence-corrected chi connectivity index (χ4v) is 2.44. The molecule has 5 nitrogen and oxygen atoms in total. The summed E-state index contributed by atoms with van der Waals surface area (Å²) in [6.07, 6.45) is 0. The van der Waals surface area contributed by atoms with Gasteiger partial charge in [-0.1, -0.05) is 29.8 Å². The number of nitrogens with zero attached hydrogens (tertiary/aromatic N) is 2. The molecule has 2 aromatic rings. The number of hydrogen-bond acceptors (Lipinski definition) is 3. The summed E-state index contributed by atoms with van der Waals surface area (Å²) in [7, 11) is 0. The van der Waals surface area contributed by atoms with Gasteiger partial charge in [-0.2, -0.15) is 5.10 Å². The fourth-order valence-electron chi connectivity index (χ4n) is 2.20. The molecule has 2 rings (SSSR count). The molecule has 0 unspecified atom stereocenters. The average molecular weight is 322 g/mol. The summed E-state index contributed by atoms with van der Waals surface area (Å²) >= 11 is 6.14. The summed E-state index contributed by atoms with van der Waals surface area (Å²) in [6.45, 7) is 5.97. The van der Waals surface area contributed by atoms with E-state index in [1.807, 2.05) is 25.1 Å². The zero-order valence-corrected chi connectivity index (χ0v) is 13.7. The van der Waals surface area contributed by atoms with Gasteiger partial charge in [0.15, 0.2) is 0 Å². The number of H-pyrrole nitrogens is 1. The lowest BCUT2D eigenvalue weighted by atomic mass is 10.1. The molecule has 2 N–H and O–H groups in total. The Morgan fingerprint density at radius 3 is 2.68 bits per heavy atom. The first kappa shape index (κ1) is 16.5. The first-order valence-electron chi connectivity index (χ1n) is 7.14. The van der Waals surface area contributed by atoms with E-state index in [-0.39, 0.29) is 12.5 Å². The van der Waals surface area contributed by atoms with Gasteiger partial charge in [-0.05, 0) is 32.9 Å². The summed E-state index contributed by atoms with van der Waals surface area (Å²) in [5.41, 5.74) is 0.816. The van der Waals surface area contributed by atoms with Crippen LogP contribution in [0.5, 0.6) is 0 Å². The highest BCUT2D eigenvalue weighted by Gasteiger charge is 2.23. The molecule has 0 saturated carbocycles. The minimum Gasteiger partial charge on any atom is -0.389 e. The van der Waals surface area contributed by atoms with Crippen LogP contribution in [0, 0.1) is 0 Å². The number of carbonyl (C=O) groups is 1. The van der Waals surface area contributed by atoms with Crippen LogP contribution in [-0.2, 0) is 0 Å². The summed E-state index contributed by atoms with van der Waals surface area (Å²) in [5, 5.41) is 17.4. The van der Waals surface area contributed by atoms with Gasteiger partial charge in [-0.15, -0.1) is 0 Å². The van der Waals surface area contributed by atoms with Crippen LogP contribution in [0.25, 0.3) is 11.3 Å².